The molecule has 110 valence electrons. The van der Waals surface area contributed by atoms with Crippen LogP contribution in [0, 0.1) is 18.8 Å². The molecular formula is C14H21N3O3. The lowest BCUT2D eigenvalue weighted by atomic mass is 9.92. The number of likely N-dealkylation sites (tertiary alicyclic amines) is 1. The van der Waals surface area contributed by atoms with Gasteiger partial charge >= 0.3 is 12.0 Å². The molecule has 0 bridgehead atoms. The second kappa shape index (κ2) is 5.56. The Morgan fingerprint density at radius 1 is 1.35 bits per heavy atom. The number of carboxylic acid groups (broad SMARTS) is 1. The van der Waals surface area contributed by atoms with Gasteiger partial charge in [0.2, 0.25) is 0 Å². The number of nitrogens with one attached hydrogen (secondary N) is 2. The average Bonchev–Trinajstić information content (AvgIpc) is 2.69. The number of aromatic nitrogens is 1. The third kappa shape index (κ3) is 3.12. The van der Waals surface area contributed by atoms with Crippen LogP contribution in [0.2, 0.25) is 0 Å². The molecule has 20 heavy (non-hydrogen) atoms. The van der Waals surface area contributed by atoms with E-state index in [0.29, 0.717) is 36.3 Å². The Kier molecular flexibility index (Phi) is 4.01. The van der Waals surface area contributed by atoms with E-state index in [4.69, 9.17) is 5.11 Å². The van der Waals surface area contributed by atoms with Crippen molar-refractivity contribution < 1.29 is 14.7 Å². The molecule has 6 heteroatoms. The van der Waals surface area contributed by atoms with Crippen LogP contribution >= 0.6 is 0 Å². The summed E-state index contributed by atoms with van der Waals surface area (Å²) in [6.07, 6.45) is 1.12. The van der Waals surface area contributed by atoms with Crippen LogP contribution in [0.1, 0.15) is 36.5 Å². The summed E-state index contributed by atoms with van der Waals surface area (Å²) in [7, 11) is 0. The van der Waals surface area contributed by atoms with Gasteiger partial charge in [0.05, 0.1) is 5.69 Å². The SMILES string of the molecule is Cc1cc(NC(=O)N2CC(C)CC(C)C2)c(C(=O)O)[nH]1. The number of piperidine rings is 1. The lowest BCUT2D eigenvalue weighted by Crippen LogP contribution is -2.44. The van der Waals surface area contributed by atoms with Crippen molar-refractivity contribution in [3.05, 3.63) is 17.5 Å². The van der Waals surface area contributed by atoms with Gasteiger partial charge in [0, 0.05) is 18.8 Å². The molecule has 2 unspecified atom stereocenters. The molecule has 0 radical (unpaired) electrons. The fourth-order valence-electron chi connectivity index (χ4n) is 2.88. The van der Waals surface area contributed by atoms with Crippen molar-refractivity contribution in [3.8, 4) is 0 Å². The second-order valence-corrected chi connectivity index (χ2v) is 5.83. The third-order valence-corrected chi connectivity index (χ3v) is 3.56. The van der Waals surface area contributed by atoms with E-state index in [-0.39, 0.29) is 11.7 Å². The molecule has 1 aliphatic rings. The van der Waals surface area contributed by atoms with Crippen LogP contribution in [0.25, 0.3) is 0 Å². The van der Waals surface area contributed by atoms with E-state index < -0.39 is 5.97 Å². The van der Waals surface area contributed by atoms with Crippen LogP contribution in [0.15, 0.2) is 6.07 Å². The molecule has 6 nitrogen and oxygen atoms in total. The van der Waals surface area contributed by atoms with Crippen molar-refractivity contribution in [2.24, 2.45) is 11.8 Å². The highest BCUT2D eigenvalue weighted by Crippen LogP contribution is 2.23. The molecule has 0 aliphatic carbocycles. The standard InChI is InChI=1S/C14H21N3O3/c1-8-4-9(2)7-17(6-8)14(20)16-11-5-10(3)15-12(11)13(18)19/h5,8-9,15H,4,6-7H2,1-3H3,(H,16,20)(H,18,19). The molecule has 1 aromatic heterocycles. The van der Waals surface area contributed by atoms with Crippen LogP contribution in [0.5, 0.6) is 0 Å². The summed E-state index contributed by atoms with van der Waals surface area (Å²) < 4.78 is 0. The highest BCUT2D eigenvalue weighted by atomic mass is 16.4. The Bertz CT molecular complexity index is 514. The molecular weight excluding hydrogens is 258 g/mol. The Morgan fingerprint density at radius 2 is 1.95 bits per heavy atom. The van der Waals surface area contributed by atoms with E-state index in [2.05, 4.69) is 24.1 Å². The highest BCUT2D eigenvalue weighted by molar-refractivity contribution is 5.99. The van der Waals surface area contributed by atoms with Crippen LogP contribution in [-0.4, -0.2) is 40.1 Å². The zero-order valence-electron chi connectivity index (χ0n) is 12.1. The fraction of sp³-hybridized carbons (Fsp3) is 0.571. The second-order valence-electron chi connectivity index (χ2n) is 5.83. The normalized spacial score (nSPS) is 22.6. The molecule has 2 atom stereocenters. The molecule has 1 fully saturated rings. The third-order valence-electron chi connectivity index (χ3n) is 3.56. The maximum atomic E-state index is 12.3. The summed E-state index contributed by atoms with van der Waals surface area (Å²) in [6.45, 7) is 7.43. The Hall–Kier alpha value is -1.98. The molecule has 2 heterocycles. The first-order chi connectivity index (χ1) is 9.36. The quantitative estimate of drug-likeness (QED) is 0.777. The van der Waals surface area contributed by atoms with Gasteiger partial charge in [-0.1, -0.05) is 13.8 Å². The van der Waals surface area contributed by atoms with Gasteiger partial charge in [-0.05, 0) is 31.2 Å². The number of rotatable bonds is 2. The van der Waals surface area contributed by atoms with Crippen molar-refractivity contribution in [2.75, 3.05) is 18.4 Å². The number of hydrogen-bond acceptors (Lipinski definition) is 2. The van der Waals surface area contributed by atoms with Crippen molar-refractivity contribution in [2.45, 2.75) is 27.2 Å². The smallest absolute Gasteiger partial charge is 0.354 e. The van der Waals surface area contributed by atoms with Crippen molar-refractivity contribution in [3.63, 3.8) is 0 Å². The first-order valence-corrected chi connectivity index (χ1v) is 6.85. The number of aromatic amines is 1. The summed E-state index contributed by atoms with van der Waals surface area (Å²) in [5.74, 6) is -0.137. The van der Waals surface area contributed by atoms with Gasteiger partial charge in [-0.3, -0.25) is 0 Å². The molecule has 1 aliphatic heterocycles. The highest BCUT2D eigenvalue weighted by Gasteiger charge is 2.26. The van der Waals surface area contributed by atoms with Crippen molar-refractivity contribution in [1.82, 2.24) is 9.88 Å². The predicted molar refractivity (Wildman–Crippen MR) is 76.0 cm³/mol. The number of anilines is 1. The zero-order chi connectivity index (χ0) is 14.9. The zero-order valence-corrected chi connectivity index (χ0v) is 12.1. The van der Waals surface area contributed by atoms with E-state index in [1.807, 2.05) is 0 Å². The van der Waals surface area contributed by atoms with Gasteiger partial charge in [-0.15, -0.1) is 0 Å². The number of carbonyl (C=O) groups excluding carboxylic acids is 1. The molecule has 1 aromatic rings. The van der Waals surface area contributed by atoms with Gasteiger partial charge in [-0.2, -0.15) is 0 Å². The van der Waals surface area contributed by atoms with Crippen LogP contribution in [0.4, 0.5) is 10.5 Å². The molecule has 1 saturated heterocycles. The van der Waals surface area contributed by atoms with Crippen LogP contribution < -0.4 is 5.32 Å². The molecule has 2 rings (SSSR count). The monoisotopic (exact) mass is 279 g/mol. The molecule has 2 amide bonds. The van der Waals surface area contributed by atoms with Crippen LogP contribution in [-0.2, 0) is 0 Å². The number of urea groups is 1. The largest absolute Gasteiger partial charge is 0.477 e. The minimum Gasteiger partial charge on any atom is -0.477 e. The van der Waals surface area contributed by atoms with Crippen LogP contribution in [0.3, 0.4) is 0 Å². The molecule has 0 saturated carbocycles. The van der Waals surface area contributed by atoms with Crippen molar-refractivity contribution in [1.29, 1.82) is 0 Å². The number of aryl methyl sites for hydroxylation is 1. The fourth-order valence-corrected chi connectivity index (χ4v) is 2.88. The summed E-state index contributed by atoms with van der Waals surface area (Å²) in [6, 6.07) is 1.41. The van der Waals surface area contributed by atoms with Gasteiger partial charge in [0.15, 0.2) is 0 Å². The Balaban J connectivity index is 2.10. The Labute approximate surface area is 118 Å². The van der Waals surface area contributed by atoms with Gasteiger partial charge < -0.3 is 20.3 Å². The number of nitrogens with zero attached hydrogens (tertiary/aromatic N) is 1. The topological polar surface area (TPSA) is 85.4 Å². The number of carbonyl (C=O) groups is 2. The first kappa shape index (κ1) is 14.4. The van der Waals surface area contributed by atoms with E-state index in [0.717, 1.165) is 6.42 Å². The number of amides is 2. The van der Waals surface area contributed by atoms with E-state index in [1.165, 1.54) is 0 Å². The first-order valence-electron chi connectivity index (χ1n) is 6.85. The number of hydrogen-bond donors (Lipinski definition) is 3. The summed E-state index contributed by atoms with van der Waals surface area (Å²) in [5, 5.41) is 11.8. The lowest BCUT2D eigenvalue weighted by molar-refractivity contribution is 0.0692. The van der Waals surface area contributed by atoms with Crippen molar-refractivity contribution >= 4 is 17.7 Å². The van der Waals surface area contributed by atoms with E-state index >= 15 is 0 Å². The summed E-state index contributed by atoms with van der Waals surface area (Å²) in [4.78, 5) is 27.8. The van der Waals surface area contributed by atoms with E-state index in [1.54, 1.807) is 17.9 Å². The van der Waals surface area contributed by atoms with Gasteiger partial charge in [0.25, 0.3) is 0 Å². The minimum absolute atomic E-state index is 0.0222. The predicted octanol–water partition coefficient (Wildman–Crippen LogP) is 2.53. The summed E-state index contributed by atoms with van der Waals surface area (Å²) in [5.41, 5.74) is 1.05. The number of carboxylic acids is 1. The number of aromatic carboxylic acids is 1. The number of H-pyrrole nitrogens is 1. The average molecular weight is 279 g/mol. The molecule has 3 N–H and O–H groups in total. The molecule has 0 spiro atoms. The maximum Gasteiger partial charge on any atom is 0.354 e. The summed E-state index contributed by atoms with van der Waals surface area (Å²) >= 11 is 0. The maximum absolute atomic E-state index is 12.3. The van der Waals surface area contributed by atoms with E-state index in [9.17, 15) is 9.59 Å². The minimum atomic E-state index is -1.08. The Morgan fingerprint density at radius 3 is 2.50 bits per heavy atom. The molecule has 0 aromatic carbocycles. The van der Waals surface area contributed by atoms with Gasteiger partial charge in [0.1, 0.15) is 5.69 Å². The van der Waals surface area contributed by atoms with Gasteiger partial charge in [-0.25, -0.2) is 9.59 Å². The lowest BCUT2D eigenvalue weighted by Gasteiger charge is -2.34.